The number of rotatable bonds is 5. The summed E-state index contributed by atoms with van der Waals surface area (Å²) in [6, 6.07) is 3.81. The predicted molar refractivity (Wildman–Crippen MR) is 110 cm³/mol. The monoisotopic (exact) mass is 397 g/mol. The van der Waals surface area contributed by atoms with Crippen LogP contribution in [0.5, 0.6) is 5.75 Å². The summed E-state index contributed by atoms with van der Waals surface area (Å²) in [6.07, 6.45) is 6.92. The Morgan fingerprint density at radius 3 is 2.31 bits per heavy atom. The third kappa shape index (κ3) is 4.73. The Morgan fingerprint density at radius 2 is 1.62 bits per heavy atom. The van der Waals surface area contributed by atoms with Gasteiger partial charge in [-0.15, -0.1) is 0 Å². The van der Waals surface area contributed by atoms with Crippen molar-refractivity contribution in [2.24, 2.45) is 0 Å². The molecule has 0 unspecified atom stereocenters. The highest BCUT2D eigenvalue weighted by Crippen LogP contribution is 2.19. The quantitative estimate of drug-likeness (QED) is 0.715. The average Bonchev–Trinajstić information content (AvgIpc) is 2.80. The molecule has 0 saturated carbocycles. The van der Waals surface area contributed by atoms with Gasteiger partial charge in [-0.2, -0.15) is 0 Å². The molecule has 9 heteroatoms. The number of hydrogen-bond acceptors (Lipinski definition) is 8. The standard InChI is InChI=1S/C20H27N7O2/c1-29-17-2-3-22-18(14-17)25-8-6-24(7-9-25)16-20(28)27-12-10-26(11-13-27)19-15-21-4-5-23-19/h2-5,14-15H,6-13,16H2,1H3. The predicted octanol–water partition coefficient (Wildman–Crippen LogP) is 0.351. The first-order chi connectivity index (χ1) is 14.2. The number of pyridine rings is 1. The number of carbonyl (C=O) groups is 1. The first-order valence-electron chi connectivity index (χ1n) is 9.99. The van der Waals surface area contributed by atoms with E-state index in [2.05, 4.69) is 29.7 Å². The third-order valence-electron chi connectivity index (χ3n) is 5.51. The second-order valence-electron chi connectivity index (χ2n) is 7.25. The Kier molecular flexibility index (Phi) is 6.04. The van der Waals surface area contributed by atoms with Gasteiger partial charge in [0.25, 0.3) is 0 Å². The van der Waals surface area contributed by atoms with E-state index in [-0.39, 0.29) is 5.91 Å². The van der Waals surface area contributed by atoms with Crippen molar-refractivity contribution in [3.8, 4) is 5.75 Å². The zero-order valence-corrected chi connectivity index (χ0v) is 16.8. The average molecular weight is 397 g/mol. The summed E-state index contributed by atoms with van der Waals surface area (Å²) in [5.41, 5.74) is 0. The summed E-state index contributed by atoms with van der Waals surface area (Å²) >= 11 is 0. The van der Waals surface area contributed by atoms with E-state index in [1.54, 1.807) is 31.9 Å². The minimum absolute atomic E-state index is 0.205. The van der Waals surface area contributed by atoms with Crippen LogP contribution in [0.4, 0.5) is 11.6 Å². The van der Waals surface area contributed by atoms with Crippen LogP contribution in [0.25, 0.3) is 0 Å². The first kappa shape index (κ1) is 19.4. The highest BCUT2D eigenvalue weighted by Gasteiger charge is 2.25. The highest BCUT2D eigenvalue weighted by molar-refractivity contribution is 5.78. The van der Waals surface area contributed by atoms with Gasteiger partial charge in [0.2, 0.25) is 5.91 Å². The molecule has 1 amide bonds. The number of ether oxygens (including phenoxy) is 1. The van der Waals surface area contributed by atoms with Gasteiger partial charge in [0.1, 0.15) is 17.4 Å². The zero-order chi connectivity index (χ0) is 20.1. The fraction of sp³-hybridized carbons (Fsp3) is 0.500. The maximum absolute atomic E-state index is 12.7. The van der Waals surface area contributed by atoms with Crippen LogP contribution in [0.1, 0.15) is 0 Å². The van der Waals surface area contributed by atoms with E-state index in [1.807, 2.05) is 17.0 Å². The van der Waals surface area contributed by atoms with Crippen molar-refractivity contribution in [3.05, 3.63) is 36.9 Å². The van der Waals surface area contributed by atoms with Gasteiger partial charge in [0.05, 0.1) is 19.9 Å². The molecule has 2 aliphatic rings. The van der Waals surface area contributed by atoms with Crippen LogP contribution in [0, 0.1) is 0 Å². The van der Waals surface area contributed by atoms with E-state index in [1.165, 1.54) is 0 Å². The Hall–Kier alpha value is -2.94. The second-order valence-corrected chi connectivity index (χ2v) is 7.25. The number of methoxy groups -OCH3 is 1. The molecule has 2 fully saturated rings. The molecule has 9 nitrogen and oxygen atoms in total. The molecule has 0 bridgehead atoms. The van der Waals surface area contributed by atoms with Crippen LogP contribution in [-0.4, -0.2) is 96.7 Å². The Morgan fingerprint density at radius 1 is 0.931 bits per heavy atom. The van der Waals surface area contributed by atoms with E-state index < -0.39 is 0 Å². The fourth-order valence-corrected chi connectivity index (χ4v) is 3.77. The number of aromatic nitrogens is 3. The molecular formula is C20H27N7O2. The minimum atomic E-state index is 0.205. The zero-order valence-electron chi connectivity index (χ0n) is 16.8. The molecule has 2 aromatic rings. The molecule has 0 spiro atoms. The van der Waals surface area contributed by atoms with Gasteiger partial charge < -0.3 is 19.4 Å². The molecular weight excluding hydrogens is 370 g/mol. The van der Waals surface area contributed by atoms with Gasteiger partial charge in [0, 0.05) is 77.0 Å². The lowest BCUT2D eigenvalue weighted by Gasteiger charge is -2.38. The molecule has 29 heavy (non-hydrogen) atoms. The minimum Gasteiger partial charge on any atom is -0.497 e. The summed E-state index contributed by atoms with van der Waals surface area (Å²) in [5.74, 6) is 2.82. The maximum Gasteiger partial charge on any atom is 0.236 e. The summed E-state index contributed by atoms with van der Waals surface area (Å²) < 4.78 is 5.28. The van der Waals surface area contributed by atoms with Gasteiger partial charge >= 0.3 is 0 Å². The molecule has 4 heterocycles. The van der Waals surface area contributed by atoms with Crippen LogP contribution < -0.4 is 14.5 Å². The lowest BCUT2D eigenvalue weighted by atomic mass is 10.2. The topological polar surface area (TPSA) is 77.9 Å². The molecule has 0 radical (unpaired) electrons. The van der Waals surface area contributed by atoms with Crippen molar-refractivity contribution in [1.29, 1.82) is 0 Å². The number of nitrogens with zero attached hydrogens (tertiary/aromatic N) is 7. The fourth-order valence-electron chi connectivity index (χ4n) is 3.77. The molecule has 154 valence electrons. The van der Waals surface area contributed by atoms with Crippen molar-refractivity contribution in [2.75, 3.05) is 75.8 Å². The van der Waals surface area contributed by atoms with Crippen LogP contribution >= 0.6 is 0 Å². The second kappa shape index (κ2) is 9.04. The molecule has 0 aromatic carbocycles. The largest absolute Gasteiger partial charge is 0.497 e. The lowest BCUT2D eigenvalue weighted by molar-refractivity contribution is -0.132. The lowest BCUT2D eigenvalue weighted by Crippen LogP contribution is -2.54. The molecule has 2 aliphatic heterocycles. The molecule has 0 atom stereocenters. The number of amides is 1. The van der Waals surface area contributed by atoms with Crippen LogP contribution in [-0.2, 0) is 4.79 Å². The summed E-state index contributed by atoms with van der Waals surface area (Å²) in [5, 5.41) is 0. The Labute approximate surface area is 170 Å². The van der Waals surface area contributed by atoms with Crippen molar-refractivity contribution in [2.45, 2.75) is 0 Å². The summed E-state index contributed by atoms with van der Waals surface area (Å²) in [6.45, 7) is 6.92. The molecule has 0 N–H and O–H groups in total. The van der Waals surface area contributed by atoms with Crippen LogP contribution in [0.15, 0.2) is 36.9 Å². The number of hydrogen-bond donors (Lipinski definition) is 0. The Bertz CT molecular complexity index is 803. The van der Waals surface area contributed by atoms with E-state index in [0.29, 0.717) is 6.54 Å². The van der Waals surface area contributed by atoms with Gasteiger partial charge in [-0.1, -0.05) is 0 Å². The Balaban J connectivity index is 1.23. The molecule has 2 saturated heterocycles. The number of piperazine rings is 2. The van der Waals surface area contributed by atoms with E-state index in [4.69, 9.17) is 4.74 Å². The first-order valence-corrected chi connectivity index (χ1v) is 9.99. The molecule has 0 aliphatic carbocycles. The normalized spacial score (nSPS) is 18.0. The summed E-state index contributed by atoms with van der Waals surface area (Å²) in [7, 11) is 1.66. The molecule has 4 rings (SSSR count). The van der Waals surface area contributed by atoms with Crippen molar-refractivity contribution in [3.63, 3.8) is 0 Å². The van der Waals surface area contributed by atoms with Crippen molar-refractivity contribution in [1.82, 2.24) is 24.8 Å². The van der Waals surface area contributed by atoms with Gasteiger partial charge in [-0.05, 0) is 6.07 Å². The van der Waals surface area contributed by atoms with E-state index in [9.17, 15) is 4.79 Å². The number of carbonyl (C=O) groups excluding carboxylic acids is 1. The van der Waals surface area contributed by atoms with Crippen molar-refractivity contribution < 1.29 is 9.53 Å². The third-order valence-corrected chi connectivity index (χ3v) is 5.51. The highest BCUT2D eigenvalue weighted by atomic mass is 16.5. The SMILES string of the molecule is COc1ccnc(N2CCN(CC(=O)N3CCN(c4cnccn4)CC3)CC2)c1. The number of anilines is 2. The summed E-state index contributed by atoms with van der Waals surface area (Å²) in [4.78, 5) is 34.3. The van der Waals surface area contributed by atoms with E-state index in [0.717, 1.165) is 69.7 Å². The van der Waals surface area contributed by atoms with E-state index >= 15 is 0 Å². The van der Waals surface area contributed by atoms with Gasteiger partial charge in [-0.25, -0.2) is 9.97 Å². The van der Waals surface area contributed by atoms with Crippen molar-refractivity contribution >= 4 is 17.5 Å². The van der Waals surface area contributed by atoms with Crippen LogP contribution in [0.3, 0.4) is 0 Å². The smallest absolute Gasteiger partial charge is 0.236 e. The van der Waals surface area contributed by atoms with Gasteiger partial charge in [-0.3, -0.25) is 14.7 Å². The van der Waals surface area contributed by atoms with Gasteiger partial charge in [0.15, 0.2) is 0 Å². The molecule has 2 aromatic heterocycles. The van der Waals surface area contributed by atoms with Crippen LogP contribution in [0.2, 0.25) is 0 Å². The maximum atomic E-state index is 12.7.